The number of hydrogen-bond acceptors (Lipinski definition) is 1. The van der Waals surface area contributed by atoms with Crippen molar-refractivity contribution in [2.75, 3.05) is 4.90 Å². The molecule has 6 bridgehead atoms. The fourth-order valence-corrected chi connectivity index (χ4v) is 10.3. The minimum Gasteiger partial charge on any atom is -0.310 e. The SMILES string of the molecule is c1ccc(-c2ccc(N(c3ccc(-c4ccc5c(c4)-c4c6cccc4-c4cccc-5c4-c4ccccc4-6)cc3)c3ccc4c5ccccc5n(-c5ccccc5)c4c3)cc2)cc1. The van der Waals surface area contributed by atoms with E-state index in [2.05, 4.69) is 240 Å². The highest BCUT2D eigenvalue weighted by Gasteiger charge is 2.30. The lowest BCUT2D eigenvalue weighted by molar-refractivity contribution is 1.18. The topological polar surface area (TPSA) is 8.17 Å². The van der Waals surface area contributed by atoms with Crippen LogP contribution in [-0.4, -0.2) is 4.57 Å². The first-order valence-corrected chi connectivity index (χ1v) is 21.4. The van der Waals surface area contributed by atoms with E-state index in [1.54, 1.807) is 0 Å². The van der Waals surface area contributed by atoms with Crippen LogP contribution >= 0.6 is 0 Å². The Balaban J connectivity index is 0.954. The lowest BCUT2D eigenvalue weighted by Crippen LogP contribution is -2.10. The fraction of sp³-hybridized carbons (Fsp3) is 0. The average Bonchev–Trinajstić information content (AvgIpc) is 3.62. The molecule has 0 spiro atoms. The van der Waals surface area contributed by atoms with E-state index in [1.165, 1.54) is 99.7 Å². The molecule has 2 aliphatic carbocycles. The molecular formula is C60H38N2. The van der Waals surface area contributed by atoms with Gasteiger partial charge in [0.05, 0.1) is 11.0 Å². The van der Waals surface area contributed by atoms with E-state index in [1.807, 2.05) is 0 Å². The molecule has 1 heterocycles. The highest BCUT2D eigenvalue weighted by molar-refractivity contribution is 6.15. The molecule has 2 aliphatic rings. The van der Waals surface area contributed by atoms with Crippen LogP contribution in [0, 0.1) is 0 Å². The van der Waals surface area contributed by atoms with Crippen LogP contribution in [0.1, 0.15) is 0 Å². The van der Waals surface area contributed by atoms with Crippen molar-refractivity contribution in [2.45, 2.75) is 0 Å². The number of fused-ring (bicyclic) bond motifs is 7. The zero-order chi connectivity index (χ0) is 40.7. The number of para-hydroxylation sites is 2. The Kier molecular flexibility index (Phi) is 7.64. The second kappa shape index (κ2) is 13.7. The molecule has 62 heavy (non-hydrogen) atoms. The lowest BCUT2D eigenvalue weighted by Gasteiger charge is -2.26. The highest BCUT2D eigenvalue weighted by Crippen LogP contribution is 2.57. The van der Waals surface area contributed by atoms with Crippen molar-refractivity contribution in [2.24, 2.45) is 0 Å². The summed E-state index contributed by atoms with van der Waals surface area (Å²) in [7, 11) is 0. The number of hydrogen-bond donors (Lipinski definition) is 0. The summed E-state index contributed by atoms with van der Waals surface area (Å²) < 4.78 is 2.40. The summed E-state index contributed by atoms with van der Waals surface area (Å²) in [6.45, 7) is 0. The smallest absolute Gasteiger partial charge is 0.0561 e. The molecule has 11 aromatic rings. The Morgan fingerprint density at radius 1 is 0.258 bits per heavy atom. The molecule has 0 N–H and O–H groups in total. The van der Waals surface area contributed by atoms with Crippen LogP contribution in [0.15, 0.2) is 231 Å². The Hall–Kier alpha value is -8.20. The fourth-order valence-electron chi connectivity index (χ4n) is 10.3. The molecule has 2 nitrogen and oxygen atoms in total. The largest absolute Gasteiger partial charge is 0.310 e. The normalized spacial score (nSPS) is 11.9. The summed E-state index contributed by atoms with van der Waals surface area (Å²) in [5, 5.41) is 2.48. The molecule has 0 radical (unpaired) electrons. The molecule has 288 valence electrons. The lowest BCUT2D eigenvalue weighted by atomic mass is 9.83. The minimum absolute atomic E-state index is 1.09. The van der Waals surface area contributed by atoms with Gasteiger partial charge in [-0.15, -0.1) is 0 Å². The molecule has 0 amide bonds. The van der Waals surface area contributed by atoms with E-state index in [4.69, 9.17) is 0 Å². The van der Waals surface area contributed by atoms with Gasteiger partial charge in [0.1, 0.15) is 0 Å². The van der Waals surface area contributed by atoms with Crippen molar-refractivity contribution in [3.05, 3.63) is 231 Å². The molecule has 0 unspecified atom stereocenters. The van der Waals surface area contributed by atoms with E-state index in [0.717, 1.165) is 22.7 Å². The van der Waals surface area contributed by atoms with Gasteiger partial charge in [-0.05, 0) is 139 Å². The quantitative estimate of drug-likeness (QED) is 0.163. The number of aromatic nitrogens is 1. The van der Waals surface area contributed by atoms with Gasteiger partial charge in [0.2, 0.25) is 0 Å². The van der Waals surface area contributed by atoms with Gasteiger partial charge in [-0.3, -0.25) is 0 Å². The Morgan fingerprint density at radius 2 is 0.726 bits per heavy atom. The van der Waals surface area contributed by atoms with E-state index >= 15 is 0 Å². The molecule has 0 fully saturated rings. The first-order valence-electron chi connectivity index (χ1n) is 21.4. The van der Waals surface area contributed by atoms with Gasteiger partial charge >= 0.3 is 0 Å². The first-order chi connectivity index (χ1) is 30.8. The van der Waals surface area contributed by atoms with E-state index in [0.29, 0.717) is 0 Å². The Bertz CT molecular complexity index is 3520. The van der Waals surface area contributed by atoms with Crippen molar-refractivity contribution in [1.29, 1.82) is 0 Å². The summed E-state index contributed by atoms with van der Waals surface area (Å²) in [5.41, 5.74) is 24.6. The summed E-state index contributed by atoms with van der Waals surface area (Å²) in [5.74, 6) is 0. The number of nitrogens with zero attached hydrogens (tertiary/aromatic N) is 2. The molecule has 2 heteroatoms. The van der Waals surface area contributed by atoms with E-state index in [-0.39, 0.29) is 0 Å². The van der Waals surface area contributed by atoms with E-state index < -0.39 is 0 Å². The van der Waals surface area contributed by atoms with Crippen molar-refractivity contribution < 1.29 is 0 Å². The summed E-state index contributed by atoms with van der Waals surface area (Å²) in [6.07, 6.45) is 0. The third-order valence-corrected chi connectivity index (χ3v) is 13.1. The van der Waals surface area contributed by atoms with Gasteiger partial charge in [-0.2, -0.15) is 0 Å². The van der Waals surface area contributed by atoms with Crippen molar-refractivity contribution >= 4 is 38.9 Å². The van der Waals surface area contributed by atoms with Crippen LogP contribution in [0.4, 0.5) is 17.1 Å². The number of benzene rings is 10. The third kappa shape index (κ3) is 5.23. The molecular weight excluding hydrogens is 749 g/mol. The van der Waals surface area contributed by atoms with Gasteiger partial charge in [0.25, 0.3) is 0 Å². The third-order valence-electron chi connectivity index (χ3n) is 13.1. The van der Waals surface area contributed by atoms with Crippen LogP contribution < -0.4 is 4.90 Å². The molecule has 0 aliphatic heterocycles. The van der Waals surface area contributed by atoms with Crippen molar-refractivity contribution in [3.63, 3.8) is 0 Å². The standard InChI is InChI=1S/C60H38N2/c1-3-13-39(14-4-1)40-25-30-44(31-26-40)61(46-34-36-50-49-18-9-10-24-57(49)62(58(50)38-46)43-15-5-2-6-16-43)45-32-27-41(28-33-45)42-29-35-48-53-21-12-22-54-55-23-11-20-52(60(55)56(48)37-42)47-17-7-8-19-51(47)59(53)54/h1-38H. The van der Waals surface area contributed by atoms with Gasteiger partial charge in [-0.1, -0.05) is 170 Å². The Labute approximate surface area is 360 Å². The predicted molar refractivity (Wildman–Crippen MR) is 261 cm³/mol. The van der Waals surface area contributed by atoms with Crippen LogP contribution in [0.2, 0.25) is 0 Å². The second-order valence-electron chi connectivity index (χ2n) is 16.4. The second-order valence-corrected chi connectivity index (χ2v) is 16.4. The molecule has 0 atom stereocenters. The van der Waals surface area contributed by atoms with Gasteiger partial charge in [0.15, 0.2) is 0 Å². The number of rotatable bonds is 6. The Morgan fingerprint density at radius 3 is 1.42 bits per heavy atom. The molecule has 0 saturated heterocycles. The predicted octanol–water partition coefficient (Wildman–Crippen LogP) is 16.5. The first kappa shape index (κ1) is 34.6. The average molecular weight is 787 g/mol. The molecule has 10 aromatic carbocycles. The van der Waals surface area contributed by atoms with Crippen LogP contribution in [0.25, 0.3) is 105 Å². The maximum Gasteiger partial charge on any atom is 0.0561 e. The molecule has 0 saturated carbocycles. The van der Waals surface area contributed by atoms with Crippen LogP contribution in [0.5, 0.6) is 0 Å². The summed E-state index contributed by atoms with van der Waals surface area (Å²) in [4.78, 5) is 2.39. The van der Waals surface area contributed by atoms with Gasteiger partial charge < -0.3 is 9.47 Å². The summed E-state index contributed by atoms with van der Waals surface area (Å²) in [6, 6.07) is 84.8. The van der Waals surface area contributed by atoms with Crippen LogP contribution in [0.3, 0.4) is 0 Å². The van der Waals surface area contributed by atoms with Gasteiger partial charge in [-0.25, -0.2) is 0 Å². The molecule has 1 aromatic heterocycles. The van der Waals surface area contributed by atoms with Crippen molar-refractivity contribution in [3.8, 4) is 83.6 Å². The zero-order valence-corrected chi connectivity index (χ0v) is 33.8. The maximum absolute atomic E-state index is 2.43. The maximum atomic E-state index is 2.43. The van der Waals surface area contributed by atoms with Crippen LogP contribution in [-0.2, 0) is 0 Å². The molecule has 13 rings (SSSR count). The van der Waals surface area contributed by atoms with Crippen molar-refractivity contribution in [1.82, 2.24) is 4.57 Å². The minimum atomic E-state index is 1.09. The highest BCUT2D eigenvalue weighted by atomic mass is 15.1. The number of anilines is 3. The van der Waals surface area contributed by atoms with Gasteiger partial charge in [0, 0.05) is 33.5 Å². The monoisotopic (exact) mass is 786 g/mol. The zero-order valence-electron chi connectivity index (χ0n) is 33.8. The summed E-state index contributed by atoms with van der Waals surface area (Å²) >= 11 is 0. The van der Waals surface area contributed by atoms with E-state index in [9.17, 15) is 0 Å².